The van der Waals surface area contributed by atoms with Gasteiger partial charge in [-0.25, -0.2) is 9.78 Å². The number of amides is 2. The maximum absolute atomic E-state index is 13.0. The maximum atomic E-state index is 13.0. The summed E-state index contributed by atoms with van der Waals surface area (Å²) >= 11 is 2.49. The van der Waals surface area contributed by atoms with Gasteiger partial charge in [-0.2, -0.15) is 4.57 Å². The van der Waals surface area contributed by atoms with Gasteiger partial charge < -0.3 is 21.0 Å². The molecule has 2 amide bonds. The van der Waals surface area contributed by atoms with Crippen LogP contribution in [0, 0.1) is 0 Å². The molecule has 0 saturated carbocycles. The summed E-state index contributed by atoms with van der Waals surface area (Å²) in [6, 6.07) is 3.19. The van der Waals surface area contributed by atoms with Crippen molar-refractivity contribution < 1.29 is 28.9 Å². The Balaban J connectivity index is 1.36. The highest BCUT2D eigenvalue weighted by molar-refractivity contribution is 8.00. The van der Waals surface area contributed by atoms with Crippen molar-refractivity contribution in [2.75, 3.05) is 18.6 Å². The number of nitrogens with zero attached hydrogens (tertiary/aromatic N) is 4. The first-order valence-corrected chi connectivity index (χ1v) is 12.8. The predicted octanol–water partition coefficient (Wildman–Crippen LogP) is 0.291. The van der Waals surface area contributed by atoms with E-state index in [1.807, 2.05) is 12.3 Å². The van der Waals surface area contributed by atoms with Gasteiger partial charge in [-0.1, -0.05) is 16.5 Å². The minimum atomic E-state index is -1.15. The lowest BCUT2D eigenvalue weighted by molar-refractivity contribution is -0.696. The van der Waals surface area contributed by atoms with Crippen molar-refractivity contribution in [3.8, 4) is 0 Å². The van der Waals surface area contributed by atoms with Gasteiger partial charge in [0.15, 0.2) is 29.3 Å². The van der Waals surface area contributed by atoms with Crippen molar-refractivity contribution in [3.63, 3.8) is 0 Å². The summed E-state index contributed by atoms with van der Waals surface area (Å²) in [5.41, 5.74) is 8.76. The van der Waals surface area contributed by atoms with E-state index in [4.69, 9.17) is 10.6 Å². The summed E-state index contributed by atoms with van der Waals surface area (Å²) in [4.78, 5) is 48.5. The molecule has 4 heterocycles. The fourth-order valence-electron chi connectivity index (χ4n) is 4.67. The zero-order chi connectivity index (χ0) is 24.7. The van der Waals surface area contributed by atoms with Crippen LogP contribution in [0.25, 0.3) is 0 Å². The largest absolute Gasteiger partial charge is 0.477 e. The summed E-state index contributed by atoms with van der Waals surface area (Å²) in [6.45, 7) is 0.406. The summed E-state index contributed by atoms with van der Waals surface area (Å²) in [6.07, 6.45) is 6.41. The molecule has 1 aliphatic carbocycles. The molecule has 5 rings (SSSR count). The maximum Gasteiger partial charge on any atom is 0.352 e. The van der Waals surface area contributed by atoms with E-state index in [9.17, 15) is 19.5 Å². The number of fused-ring (bicyclic) bond motifs is 2. The van der Waals surface area contributed by atoms with E-state index in [0.29, 0.717) is 22.7 Å². The van der Waals surface area contributed by atoms with Gasteiger partial charge in [0.1, 0.15) is 24.2 Å². The number of oxime groups is 1. The highest BCUT2D eigenvalue weighted by Gasteiger charge is 2.55. The van der Waals surface area contributed by atoms with Crippen molar-refractivity contribution in [1.82, 2.24) is 15.2 Å². The number of carboxylic acids is 1. The average Bonchev–Trinajstić information content (AvgIpc) is 3.49. The molecule has 35 heavy (non-hydrogen) atoms. The molecule has 0 bridgehead atoms. The highest BCUT2D eigenvalue weighted by Crippen LogP contribution is 2.40. The van der Waals surface area contributed by atoms with E-state index < -0.39 is 29.2 Å². The molecule has 0 unspecified atom stereocenters. The Morgan fingerprint density at radius 1 is 1.43 bits per heavy atom. The number of hydrogen-bond donors (Lipinski definition) is 3. The van der Waals surface area contributed by atoms with Gasteiger partial charge >= 0.3 is 5.97 Å². The normalized spacial score (nSPS) is 21.3. The van der Waals surface area contributed by atoms with E-state index in [-0.39, 0.29) is 16.5 Å². The van der Waals surface area contributed by atoms with E-state index in [0.717, 1.165) is 30.6 Å². The summed E-state index contributed by atoms with van der Waals surface area (Å²) in [5.74, 6) is -1.83. The Labute approximate surface area is 208 Å². The molecular formula is C22H23N6O5S2+. The molecule has 2 aliphatic heterocycles. The zero-order valence-electron chi connectivity index (χ0n) is 18.8. The molecule has 0 radical (unpaired) electrons. The molecule has 2 atom stereocenters. The molecule has 3 aliphatic rings. The van der Waals surface area contributed by atoms with E-state index >= 15 is 0 Å². The second-order valence-corrected chi connectivity index (χ2v) is 10.4. The molecule has 182 valence electrons. The number of rotatable bonds is 7. The van der Waals surface area contributed by atoms with Crippen molar-refractivity contribution in [2.24, 2.45) is 5.16 Å². The number of carboxylic acid groups (broad SMARTS) is 1. The smallest absolute Gasteiger partial charge is 0.352 e. The number of nitrogens with two attached hydrogens (primary N) is 1. The Bertz CT molecular complexity index is 1290. The molecule has 2 aromatic heterocycles. The third-order valence-corrected chi connectivity index (χ3v) is 8.37. The van der Waals surface area contributed by atoms with Crippen LogP contribution in [-0.2, 0) is 38.6 Å². The summed E-state index contributed by atoms with van der Waals surface area (Å²) in [5, 5.41) is 16.2. The monoisotopic (exact) mass is 515 g/mol. The van der Waals surface area contributed by atoms with Crippen LogP contribution >= 0.6 is 23.1 Å². The van der Waals surface area contributed by atoms with Crippen LogP contribution in [0.5, 0.6) is 0 Å². The number of nitrogens with one attached hydrogen (secondary N) is 1. The van der Waals surface area contributed by atoms with Crippen molar-refractivity contribution in [1.29, 1.82) is 0 Å². The number of nitrogen functional groups attached to an aromatic ring is 1. The van der Waals surface area contributed by atoms with Gasteiger partial charge in [0, 0.05) is 35.6 Å². The number of thioether (sulfide) groups is 1. The van der Waals surface area contributed by atoms with Crippen molar-refractivity contribution in [2.45, 2.75) is 37.2 Å². The first-order chi connectivity index (χ1) is 16.9. The third kappa shape index (κ3) is 4.14. The van der Waals surface area contributed by atoms with Crippen LogP contribution in [0.1, 0.15) is 22.6 Å². The fourth-order valence-corrected chi connectivity index (χ4v) is 6.66. The molecule has 4 N–H and O–H groups in total. The molecule has 2 aromatic rings. The molecular weight excluding hydrogens is 492 g/mol. The van der Waals surface area contributed by atoms with Gasteiger partial charge in [0.05, 0.1) is 4.88 Å². The van der Waals surface area contributed by atoms with Crippen LogP contribution in [-0.4, -0.2) is 62.8 Å². The SMILES string of the molecule is CO/N=C(\C(=O)N[C@@H]1C(=O)N2C(C(=O)O)=C(C[n+]3cccc4c3CCC4)CS[C@H]12)c1cnc(N)s1. The number of thiazole rings is 1. The average molecular weight is 516 g/mol. The van der Waals surface area contributed by atoms with Crippen LogP contribution < -0.4 is 15.6 Å². The Kier molecular flexibility index (Phi) is 6.19. The second-order valence-electron chi connectivity index (χ2n) is 8.27. The van der Waals surface area contributed by atoms with Gasteiger partial charge in [0.2, 0.25) is 0 Å². The van der Waals surface area contributed by atoms with Crippen molar-refractivity contribution in [3.05, 3.63) is 51.9 Å². The lowest BCUT2D eigenvalue weighted by atomic mass is 10.0. The summed E-state index contributed by atoms with van der Waals surface area (Å²) in [7, 11) is 1.30. The molecule has 1 saturated heterocycles. The first kappa shape index (κ1) is 23.3. The topological polar surface area (TPSA) is 151 Å². The number of aryl methyl sites for hydroxylation is 1. The standard InChI is InChI=1S/C22H22N6O5S2/c1-33-26-15(14-8-24-22(23)35-14)18(29)25-16-19(30)28-17(21(31)32)12(10-34-20(16)28)9-27-7-3-5-11-4-2-6-13(11)27/h3,5,7-8,16,20H,2,4,6,9-10H2,1H3,(H3-,23,24,25,26,29,31,32)/p+1/t16-,20-/m1/s1. The quantitative estimate of drug-likeness (QED) is 0.206. The fraction of sp³-hybridized carbons (Fsp3) is 0.364. The lowest BCUT2D eigenvalue weighted by Gasteiger charge is -2.49. The van der Waals surface area contributed by atoms with Gasteiger partial charge in [-0.15, -0.1) is 11.8 Å². The van der Waals surface area contributed by atoms with Crippen LogP contribution in [0.4, 0.5) is 5.13 Å². The number of pyridine rings is 1. The van der Waals surface area contributed by atoms with Gasteiger partial charge in [-0.05, 0) is 18.9 Å². The molecule has 13 heteroatoms. The Morgan fingerprint density at radius 2 is 2.26 bits per heavy atom. The first-order valence-electron chi connectivity index (χ1n) is 10.9. The lowest BCUT2D eigenvalue weighted by Crippen LogP contribution is -2.71. The Hall–Kier alpha value is -3.45. The third-order valence-electron chi connectivity index (χ3n) is 6.19. The van der Waals surface area contributed by atoms with Gasteiger partial charge in [0.25, 0.3) is 11.8 Å². The van der Waals surface area contributed by atoms with Crippen LogP contribution in [0.15, 0.2) is 41.0 Å². The minimum Gasteiger partial charge on any atom is -0.477 e. The highest BCUT2D eigenvalue weighted by atomic mass is 32.2. The van der Waals surface area contributed by atoms with Gasteiger partial charge in [-0.3, -0.25) is 14.5 Å². The summed E-state index contributed by atoms with van der Waals surface area (Å²) < 4.78 is 2.08. The van der Waals surface area contributed by atoms with Crippen molar-refractivity contribution >= 4 is 51.7 Å². The minimum absolute atomic E-state index is 0.00615. The number of aromatic nitrogens is 2. The number of hydrogen-bond acceptors (Lipinski definition) is 9. The second kappa shape index (κ2) is 9.30. The molecule has 0 aromatic carbocycles. The van der Waals surface area contributed by atoms with E-state index in [1.54, 1.807) is 0 Å². The van der Waals surface area contributed by atoms with Crippen LogP contribution in [0.3, 0.4) is 0 Å². The molecule has 1 fully saturated rings. The number of carbonyl (C=O) groups excluding carboxylic acids is 2. The number of β-lactam (4-membered cyclic amide) rings is 1. The number of anilines is 1. The zero-order valence-corrected chi connectivity index (χ0v) is 20.4. The molecule has 11 nitrogen and oxygen atoms in total. The number of aliphatic carboxylic acids is 1. The Morgan fingerprint density at radius 3 is 2.97 bits per heavy atom. The van der Waals surface area contributed by atoms with E-state index in [2.05, 4.69) is 26.1 Å². The predicted molar refractivity (Wildman–Crippen MR) is 128 cm³/mol. The van der Waals surface area contributed by atoms with Crippen LogP contribution in [0.2, 0.25) is 0 Å². The number of carbonyl (C=O) groups is 3. The molecule has 0 spiro atoms. The van der Waals surface area contributed by atoms with E-state index in [1.165, 1.54) is 41.2 Å².